The van der Waals surface area contributed by atoms with Crippen molar-refractivity contribution in [1.82, 2.24) is 15.0 Å². The topological polar surface area (TPSA) is 141 Å². The zero-order valence-corrected chi connectivity index (χ0v) is 35.8. The van der Waals surface area contributed by atoms with Gasteiger partial charge in [-0.25, -0.2) is 25.3 Å². The minimum absolute atomic E-state index is 0.0520. The Morgan fingerprint density at radius 3 is 1.51 bits per heavy atom. The molecule has 3 heterocycles. The van der Waals surface area contributed by atoms with Crippen LogP contribution in [-0.2, 0) is 40.0 Å². The minimum atomic E-state index is -3.18. The maximum Gasteiger partial charge on any atom is 0.156 e. The van der Waals surface area contributed by atoms with Crippen LogP contribution in [0.4, 0.5) is 0 Å². The van der Waals surface area contributed by atoms with E-state index in [1.807, 2.05) is 66.7 Å². The summed E-state index contributed by atoms with van der Waals surface area (Å²) in [4.78, 5) is 12.7. The molecule has 1 atom stereocenters. The number of benzene rings is 3. The number of rotatable bonds is 6. The van der Waals surface area contributed by atoms with E-state index in [2.05, 4.69) is 62.7 Å². The average molecular weight is 943 g/mol. The lowest BCUT2D eigenvalue weighted by Gasteiger charge is -2.23. The van der Waals surface area contributed by atoms with Crippen molar-refractivity contribution in [1.29, 1.82) is 0 Å². The van der Waals surface area contributed by atoms with Crippen LogP contribution < -0.4 is 0 Å². The number of hydrogen-bond donors (Lipinski definition) is 0. The minimum Gasteiger partial charge on any atom is -0.255 e. The van der Waals surface area contributed by atoms with Crippen LogP contribution in [0.5, 0.6) is 0 Å². The van der Waals surface area contributed by atoms with E-state index >= 15 is 0 Å². The molecule has 6 aromatic rings. The molecule has 0 radical (unpaired) electrons. The van der Waals surface area contributed by atoms with Gasteiger partial charge in [0.2, 0.25) is 0 Å². The molecule has 0 spiro atoms. The Bertz CT molecular complexity index is 2580. The fourth-order valence-corrected chi connectivity index (χ4v) is 8.70. The van der Waals surface area contributed by atoms with Crippen LogP contribution in [-0.4, -0.2) is 59.0 Å². The molecule has 6 rings (SSSR count). The molecule has 51 heavy (non-hydrogen) atoms. The van der Waals surface area contributed by atoms with Crippen LogP contribution in [0.1, 0.15) is 42.7 Å². The standard InChI is InChI=1S/C13H14BrNO2S.C12H12BrNO2S.C11H10BrNO2S/c1-13(2,18(3,16)17)10-7-9-5-4-6-15-12(9)11(14)8-10;1-8(17(2,15)16)10-6-9-4-3-5-14-12(9)11(13)7-10;1-16(14,15)7-8-5-9-3-2-4-13-11(9)10(12)6-8/h4-8H,1-3H3;3-8H,1-2H3;2-6H,7H2,1H3. The third-order valence-electron chi connectivity index (χ3n) is 8.22. The van der Waals surface area contributed by atoms with Crippen molar-refractivity contribution in [3.8, 4) is 0 Å². The molecule has 3 aromatic heterocycles. The highest BCUT2D eigenvalue weighted by atomic mass is 79.9. The lowest BCUT2D eigenvalue weighted by Crippen LogP contribution is -2.28. The van der Waals surface area contributed by atoms with Crippen LogP contribution in [0, 0.1) is 0 Å². The molecule has 0 amide bonds. The molecule has 3 aromatic carbocycles. The van der Waals surface area contributed by atoms with Crippen LogP contribution in [0.15, 0.2) is 105 Å². The SMILES string of the molecule is CC(C)(c1cc(Br)c2ncccc2c1)S(C)(=O)=O.CC(c1cc(Br)c2ncccc2c1)S(C)(=O)=O.CS(=O)(=O)Cc1cc(Br)c2ncccc2c1. The van der Waals surface area contributed by atoms with E-state index in [4.69, 9.17) is 0 Å². The van der Waals surface area contributed by atoms with E-state index in [1.165, 1.54) is 18.8 Å². The van der Waals surface area contributed by atoms with Crippen molar-refractivity contribution >= 4 is 110 Å². The molecule has 1 unspecified atom stereocenters. The molecule has 0 N–H and O–H groups in total. The quantitative estimate of drug-likeness (QED) is 0.160. The smallest absolute Gasteiger partial charge is 0.156 e. The van der Waals surface area contributed by atoms with Crippen molar-refractivity contribution in [3.63, 3.8) is 0 Å². The fraction of sp³-hybridized carbons (Fsp3) is 0.250. The Hall–Kier alpha value is -2.82. The Morgan fingerprint density at radius 1 is 0.627 bits per heavy atom. The second-order valence-corrected chi connectivity index (χ2v) is 22.2. The largest absolute Gasteiger partial charge is 0.255 e. The van der Waals surface area contributed by atoms with Crippen LogP contribution >= 0.6 is 47.8 Å². The van der Waals surface area contributed by atoms with E-state index in [-0.39, 0.29) is 5.75 Å². The number of halogens is 3. The van der Waals surface area contributed by atoms with Gasteiger partial charge in [0.1, 0.15) is 0 Å². The summed E-state index contributed by atoms with van der Waals surface area (Å²) >= 11 is 10.3. The maximum atomic E-state index is 11.9. The van der Waals surface area contributed by atoms with E-state index in [1.54, 1.807) is 45.4 Å². The molecule has 0 aliphatic rings. The van der Waals surface area contributed by atoms with Gasteiger partial charge in [-0.15, -0.1) is 0 Å². The van der Waals surface area contributed by atoms with E-state index < -0.39 is 39.5 Å². The Balaban J connectivity index is 0.000000172. The van der Waals surface area contributed by atoms with Crippen molar-refractivity contribution < 1.29 is 25.3 Å². The van der Waals surface area contributed by atoms with Crippen molar-refractivity contribution in [3.05, 3.63) is 121 Å². The van der Waals surface area contributed by atoms with Gasteiger partial charge >= 0.3 is 0 Å². The first-order chi connectivity index (χ1) is 23.6. The van der Waals surface area contributed by atoms with Gasteiger partial charge < -0.3 is 0 Å². The maximum absolute atomic E-state index is 11.9. The molecule has 0 fully saturated rings. The van der Waals surface area contributed by atoms with Gasteiger partial charge in [0.25, 0.3) is 0 Å². The van der Waals surface area contributed by atoms with Gasteiger partial charge in [-0.1, -0.05) is 18.2 Å². The zero-order chi connectivity index (χ0) is 37.9. The monoisotopic (exact) mass is 939 g/mol. The van der Waals surface area contributed by atoms with Gasteiger partial charge in [0.15, 0.2) is 29.5 Å². The molecule has 0 saturated heterocycles. The van der Waals surface area contributed by atoms with Crippen LogP contribution in [0.3, 0.4) is 0 Å². The number of sulfone groups is 3. The molecule has 270 valence electrons. The number of hydrogen-bond acceptors (Lipinski definition) is 9. The van der Waals surface area contributed by atoms with E-state index in [0.717, 1.165) is 62.8 Å². The van der Waals surface area contributed by atoms with Gasteiger partial charge in [0.05, 0.1) is 32.3 Å². The Morgan fingerprint density at radius 2 is 1.06 bits per heavy atom. The summed E-state index contributed by atoms with van der Waals surface area (Å²) < 4.78 is 70.8. The predicted molar refractivity (Wildman–Crippen MR) is 218 cm³/mol. The lowest BCUT2D eigenvalue weighted by atomic mass is 10.0. The van der Waals surface area contributed by atoms with Gasteiger partial charge in [0, 0.05) is 66.9 Å². The average Bonchev–Trinajstić information content (AvgIpc) is 3.03. The third kappa shape index (κ3) is 10.4. The fourth-order valence-electron chi connectivity index (χ4n) is 4.95. The Labute approximate surface area is 324 Å². The van der Waals surface area contributed by atoms with Gasteiger partial charge in [-0.05, 0) is 140 Å². The number of pyridine rings is 3. The third-order valence-corrected chi connectivity index (χ3v) is 14.5. The van der Waals surface area contributed by atoms with Crippen LogP contribution in [0.25, 0.3) is 32.7 Å². The molecule has 0 saturated carbocycles. The Kier molecular flexibility index (Phi) is 12.9. The highest BCUT2D eigenvalue weighted by molar-refractivity contribution is 9.11. The van der Waals surface area contributed by atoms with Crippen LogP contribution in [0.2, 0.25) is 0 Å². The second kappa shape index (κ2) is 16.0. The highest BCUT2D eigenvalue weighted by Gasteiger charge is 2.32. The first-order valence-corrected chi connectivity index (χ1v) is 23.6. The van der Waals surface area contributed by atoms with Crippen molar-refractivity contribution in [2.24, 2.45) is 0 Å². The number of nitrogens with zero attached hydrogens (tertiary/aromatic N) is 3. The summed E-state index contributed by atoms with van der Waals surface area (Å²) in [7, 11) is -9.27. The molecule has 9 nitrogen and oxygen atoms in total. The second-order valence-electron chi connectivity index (χ2n) is 12.6. The van der Waals surface area contributed by atoms with E-state index in [0.29, 0.717) is 0 Å². The summed E-state index contributed by atoms with van der Waals surface area (Å²) in [5.74, 6) is 0.0520. The summed E-state index contributed by atoms with van der Waals surface area (Å²) in [6.45, 7) is 5.12. The molecule has 0 aliphatic carbocycles. The van der Waals surface area contributed by atoms with Crippen molar-refractivity contribution in [2.45, 2.75) is 36.5 Å². The number of fused-ring (bicyclic) bond motifs is 3. The van der Waals surface area contributed by atoms with Gasteiger partial charge in [-0.2, -0.15) is 0 Å². The molecule has 15 heteroatoms. The molecular formula is C36H36Br3N3O6S3. The zero-order valence-electron chi connectivity index (χ0n) is 28.6. The van der Waals surface area contributed by atoms with E-state index in [9.17, 15) is 25.3 Å². The normalized spacial score (nSPS) is 12.9. The number of aromatic nitrogens is 3. The first-order valence-electron chi connectivity index (χ1n) is 15.3. The van der Waals surface area contributed by atoms with Crippen molar-refractivity contribution in [2.75, 3.05) is 18.8 Å². The molecule has 0 aliphatic heterocycles. The summed E-state index contributed by atoms with van der Waals surface area (Å²) in [6.07, 6.45) is 8.88. The molecule has 0 bridgehead atoms. The summed E-state index contributed by atoms with van der Waals surface area (Å²) in [6, 6.07) is 22.3. The first kappa shape index (κ1) is 40.9. The summed E-state index contributed by atoms with van der Waals surface area (Å²) in [5, 5.41) is 2.30. The molecular weight excluding hydrogens is 906 g/mol. The summed E-state index contributed by atoms with van der Waals surface area (Å²) in [5.41, 5.74) is 4.84. The lowest BCUT2D eigenvalue weighted by molar-refractivity contribution is 0.561. The highest BCUT2D eigenvalue weighted by Crippen LogP contribution is 2.34. The van der Waals surface area contributed by atoms with Gasteiger partial charge in [-0.3, -0.25) is 15.0 Å². The predicted octanol–water partition coefficient (Wildman–Crippen LogP) is 8.92.